The molecule has 1 N–H and O–H groups in total. The molecular formula is C21H19N5O4S2. The normalized spacial score (nSPS) is 11.4. The number of rotatable bonds is 8. The van der Waals surface area contributed by atoms with Crippen LogP contribution in [0.2, 0.25) is 0 Å². The highest BCUT2D eigenvalue weighted by Crippen LogP contribution is 2.30. The van der Waals surface area contributed by atoms with Gasteiger partial charge in [0.15, 0.2) is 0 Å². The highest BCUT2D eigenvalue weighted by molar-refractivity contribution is 7.99. The van der Waals surface area contributed by atoms with Crippen LogP contribution in [0.1, 0.15) is 25.2 Å². The number of thioether (sulfide) groups is 1. The molecule has 0 aliphatic rings. The quantitative estimate of drug-likeness (QED) is 0.154. The molecule has 164 valence electrons. The topological polar surface area (TPSA) is 135 Å². The molecular weight excluding hydrogens is 450 g/mol. The number of nitro groups is 1. The van der Waals surface area contributed by atoms with Crippen molar-refractivity contribution in [1.82, 2.24) is 9.36 Å². The third-order valence-corrected chi connectivity index (χ3v) is 6.17. The minimum Gasteiger partial charge on any atom is -0.457 e. The summed E-state index contributed by atoms with van der Waals surface area (Å²) in [6.45, 7) is 5.99. The molecule has 0 atom stereocenters. The number of nitrogens with one attached hydrogen (secondary N) is 1. The van der Waals surface area contributed by atoms with Crippen molar-refractivity contribution in [2.45, 2.75) is 25.9 Å². The van der Waals surface area contributed by atoms with Crippen LogP contribution in [-0.2, 0) is 4.79 Å². The second-order valence-electron chi connectivity index (χ2n) is 7.17. The number of aromatic nitrogens is 2. The molecule has 0 unspecified atom stereocenters. The summed E-state index contributed by atoms with van der Waals surface area (Å²) in [4.78, 5) is 27.3. The highest BCUT2D eigenvalue weighted by atomic mass is 32.2. The van der Waals surface area contributed by atoms with E-state index in [1.165, 1.54) is 30.0 Å². The van der Waals surface area contributed by atoms with Crippen LogP contribution >= 0.6 is 23.3 Å². The highest BCUT2D eigenvalue weighted by Gasteiger charge is 2.16. The van der Waals surface area contributed by atoms with E-state index in [0.29, 0.717) is 27.5 Å². The molecule has 0 spiro atoms. The number of benzene rings is 1. The second kappa shape index (κ2) is 10.2. The molecule has 9 nitrogen and oxygen atoms in total. The Morgan fingerprint density at radius 2 is 2.19 bits per heavy atom. The van der Waals surface area contributed by atoms with Crippen molar-refractivity contribution < 1.29 is 14.1 Å². The molecule has 3 aromatic rings. The van der Waals surface area contributed by atoms with Gasteiger partial charge in [0.2, 0.25) is 10.3 Å². The fourth-order valence-corrected chi connectivity index (χ4v) is 4.07. The molecule has 11 heteroatoms. The summed E-state index contributed by atoms with van der Waals surface area (Å²) >= 11 is 2.54. The van der Waals surface area contributed by atoms with E-state index in [1.807, 2.05) is 6.07 Å². The zero-order chi connectivity index (χ0) is 23.3. The van der Waals surface area contributed by atoms with Gasteiger partial charge < -0.3 is 4.42 Å². The lowest BCUT2D eigenvalue weighted by atomic mass is 10.1. The van der Waals surface area contributed by atoms with Gasteiger partial charge in [-0.15, -0.1) is 0 Å². The van der Waals surface area contributed by atoms with E-state index >= 15 is 0 Å². The number of anilines is 1. The zero-order valence-corrected chi connectivity index (χ0v) is 19.1. The first kappa shape index (κ1) is 23.2. The van der Waals surface area contributed by atoms with Gasteiger partial charge in [0.25, 0.3) is 11.6 Å². The maximum absolute atomic E-state index is 12.5. The third-order valence-electron chi connectivity index (χ3n) is 4.15. The van der Waals surface area contributed by atoms with Gasteiger partial charge in [-0.05, 0) is 30.5 Å². The monoisotopic (exact) mass is 469 g/mol. The Morgan fingerprint density at radius 3 is 2.88 bits per heavy atom. The molecule has 0 saturated heterocycles. The molecule has 0 saturated carbocycles. The van der Waals surface area contributed by atoms with Gasteiger partial charge in [0.1, 0.15) is 23.2 Å². The fraction of sp³-hybridized carbons (Fsp3) is 0.238. The van der Waals surface area contributed by atoms with Crippen LogP contribution in [0.3, 0.4) is 0 Å². The number of amides is 1. The minimum absolute atomic E-state index is 0.0563. The van der Waals surface area contributed by atoms with Crippen LogP contribution in [-0.4, -0.2) is 25.9 Å². The van der Waals surface area contributed by atoms with Crippen molar-refractivity contribution in [2.24, 2.45) is 5.92 Å². The molecule has 0 aliphatic carbocycles. The Morgan fingerprint density at radius 1 is 1.41 bits per heavy atom. The third kappa shape index (κ3) is 5.81. The predicted molar refractivity (Wildman–Crippen MR) is 123 cm³/mol. The molecule has 1 amide bonds. The van der Waals surface area contributed by atoms with E-state index in [4.69, 9.17) is 4.42 Å². The summed E-state index contributed by atoms with van der Waals surface area (Å²) in [5.74, 6) is 1.37. The summed E-state index contributed by atoms with van der Waals surface area (Å²) in [7, 11) is 0. The zero-order valence-electron chi connectivity index (χ0n) is 17.5. The number of nitrogens with zero attached hydrogens (tertiary/aromatic N) is 4. The van der Waals surface area contributed by atoms with E-state index in [9.17, 15) is 20.2 Å². The minimum atomic E-state index is -0.631. The maximum atomic E-state index is 12.5. The van der Waals surface area contributed by atoms with Crippen LogP contribution in [0.4, 0.5) is 10.8 Å². The number of non-ortho nitro benzene ring substituents is 1. The molecule has 0 bridgehead atoms. The maximum Gasteiger partial charge on any atom is 0.270 e. The van der Waals surface area contributed by atoms with Gasteiger partial charge in [0, 0.05) is 41.1 Å². The Balaban J connectivity index is 1.76. The van der Waals surface area contributed by atoms with Crippen LogP contribution < -0.4 is 5.32 Å². The molecule has 32 heavy (non-hydrogen) atoms. The number of carbonyl (C=O) groups is 1. The molecule has 0 fully saturated rings. The first-order chi connectivity index (χ1) is 15.3. The summed E-state index contributed by atoms with van der Waals surface area (Å²) < 4.78 is 9.90. The van der Waals surface area contributed by atoms with Crippen molar-refractivity contribution in [2.75, 3.05) is 11.1 Å². The van der Waals surface area contributed by atoms with E-state index in [2.05, 4.69) is 28.5 Å². The van der Waals surface area contributed by atoms with E-state index in [-0.39, 0.29) is 17.0 Å². The summed E-state index contributed by atoms with van der Waals surface area (Å²) in [5, 5.41) is 23.9. The molecule has 2 heterocycles. The van der Waals surface area contributed by atoms with Gasteiger partial charge in [-0.1, -0.05) is 31.7 Å². The van der Waals surface area contributed by atoms with Crippen molar-refractivity contribution in [3.05, 3.63) is 57.3 Å². The van der Waals surface area contributed by atoms with Crippen molar-refractivity contribution in [3.63, 3.8) is 0 Å². The Hall–Kier alpha value is -3.49. The molecule has 0 radical (unpaired) electrons. The van der Waals surface area contributed by atoms with Gasteiger partial charge in [-0.3, -0.25) is 20.2 Å². The summed E-state index contributed by atoms with van der Waals surface area (Å²) in [6.07, 6.45) is 1.31. The van der Waals surface area contributed by atoms with Crippen LogP contribution in [0.5, 0.6) is 0 Å². The number of hydrogen-bond donors (Lipinski definition) is 1. The second-order valence-corrected chi connectivity index (χ2v) is 8.91. The number of aryl methyl sites for hydroxylation is 1. The van der Waals surface area contributed by atoms with E-state index < -0.39 is 10.8 Å². The number of hydrogen-bond acceptors (Lipinski definition) is 9. The molecule has 3 rings (SSSR count). The van der Waals surface area contributed by atoms with E-state index in [0.717, 1.165) is 22.8 Å². The lowest BCUT2D eigenvalue weighted by molar-refractivity contribution is -0.384. The number of furan rings is 1. The lowest BCUT2D eigenvalue weighted by Crippen LogP contribution is -2.13. The van der Waals surface area contributed by atoms with Gasteiger partial charge >= 0.3 is 0 Å². The summed E-state index contributed by atoms with van der Waals surface area (Å²) in [6, 6.07) is 9.55. The van der Waals surface area contributed by atoms with Crippen molar-refractivity contribution in [1.29, 1.82) is 5.26 Å². The average Bonchev–Trinajstić information content (AvgIpc) is 3.40. The number of nitriles is 1. The predicted octanol–water partition coefficient (Wildman–Crippen LogP) is 5.31. The van der Waals surface area contributed by atoms with Crippen molar-refractivity contribution in [3.8, 4) is 17.4 Å². The Kier molecular flexibility index (Phi) is 7.40. The van der Waals surface area contributed by atoms with E-state index in [1.54, 1.807) is 25.1 Å². The largest absolute Gasteiger partial charge is 0.457 e. The first-order valence-corrected chi connectivity index (χ1v) is 11.3. The summed E-state index contributed by atoms with van der Waals surface area (Å²) in [5.41, 5.74) is 1.12. The lowest BCUT2D eigenvalue weighted by Gasteiger charge is -2.02. The smallest absolute Gasteiger partial charge is 0.270 e. The molecule has 0 aliphatic heterocycles. The number of nitro benzene ring substituents is 1. The van der Waals surface area contributed by atoms with Crippen LogP contribution in [0.15, 0.2) is 45.5 Å². The Labute approximate surface area is 192 Å². The molecule has 1 aromatic carbocycles. The van der Waals surface area contributed by atoms with Crippen LogP contribution in [0.25, 0.3) is 17.4 Å². The average molecular weight is 470 g/mol. The standard InChI is InChI=1S/C21H19N5O4S2/c1-12(2)11-31-21-24-20(32-25-21)23-19(27)14(10-22)8-16-6-7-18(30-16)17-9-15(26(28)29)5-4-13(17)3/h4-9,12H,11H2,1-3H3,(H,23,24,25,27)/b14-8-. The van der Waals surface area contributed by atoms with Crippen molar-refractivity contribution >= 4 is 46.1 Å². The van der Waals surface area contributed by atoms with Crippen LogP contribution in [0, 0.1) is 34.3 Å². The number of carbonyl (C=O) groups excluding carboxylic acids is 1. The first-order valence-electron chi connectivity index (χ1n) is 9.51. The molecule has 2 aromatic heterocycles. The van der Waals surface area contributed by atoms with Gasteiger partial charge in [0.05, 0.1) is 4.92 Å². The SMILES string of the molecule is Cc1ccc([N+](=O)[O-])cc1-c1ccc(/C=C(/C#N)C(=O)Nc2nc(SCC(C)C)ns2)o1. The fourth-order valence-electron chi connectivity index (χ4n) is 2.58. The Bertz CT molecular complexity index is 1220. The van der Waals surface area contributed by atoms with Gasteiger partial charge in [-0.25, -0.2) is 0 Å². The van der Waals surface area contributed by atoms with Gasteiger partial charge in [-0.2, -0.15) is 14.6 Å².